The Bertz CT molecular complexity index is 905. The molecular formula is C17H15N5O. The van der Waals surface area contributed by atoms with Crippen molar-refractivity contribution in [3.63, 3.8) is 0 Å². The topological polar surface area (TPSA) is 106 Å². The van der Waals surface area contributed by atoms with Crippen LogP contribution in [0.5, 0.6) is 0 Å². The van der Waals surface area contributed by atoms with Gasteiger partial charge in [0.2, 0.25) is 6.41 Å². The third kappa shape index (κ3) is 2.96. The van der Waals surface area contributed by atoms with Gasteiger partial charge >= 0.3 is 0 Å². The number of carbonyl (C=O) groups excluding carboxylic acids is 1. The Kier molecular flexibility index (Phi) is 3.88. The standard InChI is InChI=1S/C17H15N5O/c18-11-5-7-16(17(9-11)20-10-23)22-21-15-8-6-14(19)12-3-1-2-4-13(12)15/h1-10H,18-19H2,(H,20,23). The lowest BCUT2D eigenvalue weighted by Gasteiger charge is -2.06. The fourth-order valence-corrected chi connectivity index (χ4v) is 2.32. The van der Waals surface area contributed by atoms with Gasteiger partial charge in [-0.3, -0.25) is 4.79 Å². The summed E-state index contributed by atoms with van der Waals surface area (Å²) in [7, 11) is 0. The number of fused-ring (bicyclic) bond motifs is 1. The normalized spacial score (nSPS) is 11.0. The SMILES string of the molecule is Nc1ccc(N=Nc2ccc(N)c3ccccc23)c(NC=O)c1. The van der Waals surface area contributed by atoms with Crippen LogP contribution in [0, 0.1) is 0 Å². The lowest BCUT2D eigenvalue weighted by atomic mass is 10.1. The van der Waals surface area contributed by atoms with Gasteiger partial charge in [-0.2, -0.15) is 0 Å². The highest BCUT2D eigenvalue weighted by Gasteiger charge is 2.04. The third-order valence-electron chi connectivity index (χ3n) is 3.44. The summed E-state index contributed by atoms with van der Waals surface area (Å²) in [5.41, 5.74) is 14.6. The average molecular weight is 305 g/mol. The molecule has 0 unspecified atom stereocenters. The number of hydrogen-bond acceptors (Lipinski definition) is 5. The molecule has 0 bridgehead atoms. The van der Waals surface area contributed by atoms with Gasteiger partial charge in [-0.15, -0.1) is 10.2 Å². The molecule has 0 aromatic heterocycles. The highest BCUT2D eigenvalue weighted by Crippen LogP contribution is 2.33. The molecule has 23 heavy (non-hydrogen) atoms. The summed E-state index contributed by atoms with van der Waals surface area (Å²) >= 11 is 0. The van der Waals surface area contributed by atoms with Gasteiger partial charge in [0.15, 0.2) is 0 Å². The molecule has 6 heteroatoms. The zero-order chi connectivity index (χ0) is 16.2. The second-order valence-electron chi connectivity index (χ2n) is 4.96. The van der Waals surface area contributed by atoms with E-state index in [1.54, 1.807) is 24.3 Å². The fraction of sp³-hybridized carbons (Fsp3) is 0. The molecule has 0 aliphatic heterocycles. The van der Waals surface area contributed by atoms with Crippen molar-refractivity contribution >= 4 is 45.6 Å². The van der Waals surface area contributed by atoms with Gasteiger partial charge in [-0.1, -0.05) is 24.3 Å². The Hall–Kier alpha value is -3.41. The quantitative estimate of drug-likeness (QED) is 0.385. The van der Waals surface area contributed by atoms with Crippen LogP contribution in [0.4, 0.5) is 28.4 Å². The number of anilines is 3. The fourth-order valence-electron chi connectivity index (χ4n) is 2.32. The van der Waals surface area contributed by atoms with Crippen LogP contribution in [0.2, 0.25) is 0 Å². The van der Waals surface area contributed by atoms with Crippen molar-refractivity contribution in [3.05, 3.63) is 54.6 Å². The van der Waals surface area contributed by atoms with E-state index in [2.05, 4.69) is 15.5 Å². The Morgan fingerprint density at radius 2 is 1.57 bits per heavy atom. The molecule has 114 valence electrons. The number of hydrogen-bond donors (Lipinski definition) is 3. The molecule has 0 atom stereocenters. The summed E-state index contributed by atoms with van der Waals surface area (Å²) in [6.45, 7) is 0. The van der Waals surface area contributed by atoms with Crippen molar-refractivity contribution < 1.29 is 4.79 Å². The number of benzene rings is 3. The van der Waals surface area contributed by atoms with E-state index in [1.165, 1.54) is 0 Å². The second kappa shape index (κ2) is 6.15. The molecular weight excluding hydrogens is 290 g/mol. The summed E-state index contributed by atoms with van der Waals surface area (Å²) in [5, 5.41) is 12.9. The molecule has 0 aliphatic carbocycles. The van der Waals surface area contributed by atoms with Crippen LogP contribution in [0.1, 0.15) is 0 Å². The van der Waals surface area contributed by atoms with Crippen LogP contribution in [0.15, 0.2) is 64.8 Å². The molecule has 0 heterocycles. The molecule has 0 saturated heterocycles. The van der Waals surface area contributed by atoms with Crippen molar-refractivity contribution in [1.82, 2.24) is 0 Å². The van der Waals surface area contributed by atoms with Gasteiger partial charge < -0.3 is 16.8 Å². The molecule has 0 fully saturated rings. The number of amides is 1. The van der Waals surface area contributed by atoms with E-state index in [9.17, 15) is 4.79 Å². The van der Waals surface area contributed by atoms with Gasteiger partial charge in [-0.25, -0.2) is 0 Å². The number of nitrogens with two attached hydrogens (primary N) is 2. The number of carbonyl (C=O) groups is 1. The smallest absolute Gasteiger partial charge is 0.211 e. The van der Waals surface area contributed by atoms with Crippen molar-refractivity contribution in [2.24, 2.45) is 10.2 Å². The van der Waals surface area contributed by atoms with E-state index in [0.717, 1.165) is 10.8 Å². The van der Waals surface area contributed by atoms with Gasteiger partial charge in [0.1, 0.15) is 5.69 Å². The molecule has 6 nitrogen and oxygen atoms in total. The van der Waals surface area contributed by atoms with Crippen LogP contribution >= 0.6 is 0 Å². The number of nitrogens with zero attached hydrogens (tertiary/aromatic N) is 2. The zero-order valence-corrected chi connectivity index (χ0v) is 12.2. The molecule has 0 saturated carbocycles. The third-order valence-corrected chi connectivity index (χ3v) is 3.44. The summed E-state index contributed by atoms with van der Waals surface area (Å²) in [6, 6.07) is 16.4. The second-order valence-corrected chi connectivity index (χ2v) is 4.96. The maximum absolute atomic E-state index is 10.7. The Morgan fingerprint density at radius 3 is 2.35 bits per heavy atom. The van der Waals surface area contributed by atoms with E-state index in [1.807, 2.05) is 30.3 Å². The van der Waals surface area contributed by atoms with Gasteiger partial charge in [-0.05, 0) is 30.3 Å². The number of rotatable bonds is 4. The van der Waals surface area contributed by atoms with E-state index in [4.69, 9.17) is 11.5 Å². The molecule has 5 N–H and O–H groups in total. The van der Waals surface area contributed by atoms with Gasteiger partial charge in [0.25, 0.3) is 0 Å². The minimum absolute atomic E-state index is 0.503. The summed E-state index contributed by atoms with van der Waals surface area (Å²) < 4.78 is 0. The maximum atomic E-state index is 10.7. The van der Waals surface area contributed by atoms with E-state index >= 15 is 0 Å². The van der Waals surface area contributed by atoms with Crippen LogP contribution < -0.4 is 16.8 Å². The highest BCUT2D eigenvalue weighted by molar-refractivity contribution is 6.00. The number of azo groups is 1. The first kappa shape index (κ1) is 14.5. The van der Waals surface area contributed by atoms with Crippen molar-refractivity contribution in [1.29, 1.82) is 0 Å². The summed E-state index contributed by atoms with van der Waals surface area (Å²) in [6.07, 6.45) is 0.576. The van der Waals surface area contributed by atoms with Gasteiger partial charge in [0.05, 0.1) is 11.4 Å². The van der Waals surface area contributed by atoms with E-state index in [0.29, 0.717) is 34.8 Å². The Balaban J connectivity index is 2.04. The molecule has 0 radical (unpaired) electrons. The van der Waals surface area contributed by atoms with Crippen LogP contribution in [-0.4, -0.2) is 6.41 Å². The molecule has 3 aromatic rings. The Labute approximate surface area is 132 Å². The van der Waals surface area contributed by atoms with Crippen LogP contribution in [0.25, 0.3) is 10.8 Å². The average Bonchev–Trinajstić information content (AvgIpc) is 2.56. The van der Waals surface area contributed by atoms with Crippen molar-refractivity contribution in [2.75, 3.05) is 16.8 Å². The van der Waals surface area contributed by atoms with Crippen molar-refractivity contribution in [3.8, 4) is 0 Å². The number of nitrogens with one attached hydrogen (secondary N) is 1. The lowest BCUT2D eigenvalue weighted by molar-refractivity contribution is -0.105. The first-order valence-corrected chi connectivity index (χ1v) is 6.98. The largest absolute Gasteiger partial charge is 0.399 e. The summed E-state index contributed by atoms with van der Waals surface area (Å²) in [5.74, 6) is 0. The number of nitrogen functional groups attached to an aromatic ring is 2. The molecule has 0 spiro atoms. The zero-order valence-electron chi connectivity index (χ0n) is 12.2. The minimum atomic E-state index is 0.503. The molecule has 0 aliphatic rings. The molecule has 3 rings (SSSR count). The first-order chi connectivity index (χ1) is 11.2. The predicted molar refractivity (Wildman–Crippen MR) is 93.1 cm³/mol. The maximum Gasteiger partial charge on any atom is 0.211 e. The van der Waals surface area contributed by atoms with E-state index < -0.39 is 0 Å². The molecule has 1 amide bonds. The minimum Gasteiger partial charge on any atom is -0.399 e. The van der Waals surface area contributed by atoms with Crippen LogP contribution in [0.3, 0.4) is 0 Å². The van der Waals surface area contributed by atoms with E-state index in [-0.39, 0.29) is 0 Å². The lowest BCUT2D eigenvalue weighted by Crippen LogP contribution is -1.95. The summed E-state index contributed by atoms with van der Waals surface area (Å²) in [4.78, 5) is 10.7. The highest BCUT2D eigenvalue weighted by atomic mass is 16.1. The van der Waals surface area contributed by atoms with Crippen LogP contribution in [-0.2, 0) is 4.79 Å². The first-order valence-electron chi connectivity index (χ1n) is 6.98. The molecule has 3 aromatic carbocycles. The monoisotopic (exact) mass is 305 g/mol. The van der Waals surface area contributed by atoms with Gasteiger partial charge in [0, 0.05) is 22.1 Å². The predicted octanol–water partition coefficient (Wildman–Crippen LogP) is 3.99. The van der Waals surface area contributed by atoms with Crippen molar-refractivity contribution in [2.45, 2.75) is 0 Å². The Morgan fingerprint density at radius 1 is 0.870 bits per heavy atom.